The first-order valence-corrected chi connectivity index (χ1v) is 9.01. The lowest BCUT2D eigenvalue weighted by molar-refractivity contribution is -0.111. The van der Waals surface area contributed by atoms with Gasteiger partial charge in [0.2, 0.25) is 0 Å². The van der Waals surface area contributed by atoms with E-state index in [4.69, 9.17) is 4.74 Å². The second-order valence-electron chi connectivity index (χ2n) is 4.73. The van der Waals surface area contributed by atoms with Gasteiger partial charge in [-0.1, -0.05) is 38.0 Å². The van der Waals surface area contributed by atoms with E-state index in [1.807, 2.05) is 0 Å². The number of carbonyl (C=O) groups excluding carboxylic acids is 1. The number of aromatic nitrogens is 1. The zero-order valence-electron chi connectivity index (χ0n) is 14.8. The molecule has 1 amide bonds. The molecule has 0 fully saturated rings. The van der Waals surface area contributed by atoms with Crippen LogP contribution in [-0.2, 0) is 19.6 Å². The number of ether oxygens (including phenoxy) is 1. The number of amides is 1. The smallest absolute Gasteiger partial charge is 0.311 e. The number of hydrogen-bond donors (Lipinski definition) is 2. The zero-order valence-corrected chi connectivity index (χ0v) is 15.6. The molecule has 0 aliphatic carbocycles. The monoisotopic (exact) mass is 388 g/mol. The van der Waals surface area contributed by atoms with Crippen LogP contribution in [0.1, 0.15) is 0 Å². The first-order chi connectivity index (χ1) is 12.9. The van der Waals surface area contributed by atoms with Crippen LogP contribution in [0.4, 0.5) is 5.69 Å². The molecular formula is C18H20N4O4S. The molecule has 9 heteroatoms. The van der Waals surface area contributed by atoms with E-state index in [9.17, 15) is 13.2 Å². The largest absolute Gasteiger partial charge is 0.444 e. The average Bonchev–Trinajstić information content (AvgIpc) is 2.64. The highest BCUT2D eigenvalue weighted by atomic mass is 32.2. The Kier molecular flexibility index (Phi) is 8.40. The second kappa shape index (κ2) is 10.5. The van der Waals surface area contributed by atoms with Gasteiger partial charge in [0.1, 0.15) is 4.90 Å². The summed E-state index contributed by atoms with van der Waals surface area (Å²) in [7, 11) is -2.58. The number of rotatable bonds is 8. The van der Waals surface area contributed by atoms with Crippen molar-refractivity contribution in [2.75, 3.05) is 12.4 Å². The molecule has 1 heterocycles. The third-order valence-corrected chi connectivity index (χ3v) is 4.18. The molecule has 27 heavy (non-hydrogen) atoms. The summed E-state index contributed by atoms with van der Waals surface area (Å²) in [5, 5.41) is 2.45. The van der Waals surface area contributed by atoms with Crippen LogP contribution in [0.25, 0.3) is 0 Å². The van der Waals surface area contributed by atoms with E-state index < -0.39 is 15.9 Å². The maximum absolute atomic E-state index is 12.6. The van der Waals surface area contributed by atoms with Gasteiger partial charge in [0.25, 0.3) is 15.9 Å². The molecule has 1 aromatic heterocycles. The summed E-state index contributed by atoms with van der Waals surface area (Å²) < 4.78 is 32.4. The van der Waals surface area contributed by atoms with Crippen LogP contribution in [0.2, 0.25) is 0 Å². The number of carbonyl (C=O) groups is 1. The van der Waals surface area contributed by atoms with E-state index in [0.717, 1.165) is 12.5 Å². The molecule has 2 N–H and O–H groups in total. The summed E-state index contributed by atoms with van der Waals surface area (Å²) >= 11 is 0. The number of pyridine rings is 1. The van der Waals surface area contributed by atoms with Crippen LogP contribution in [0, 0.1) is 0 Å². The molecule has 0 unspecified atom stereocenters. The summed E-state index contributed by atoms with van der Waals surface area (Å²) in [6.07, 6.45) is 11.0. The summed E-state index contributed by atoms with van der Waals surface area (Å²) in [5.74, 6) is -0.912. The van der Waals surface area contributed by atoms with Crippen molar-refractivity contribution < 1.29 is 17.9 Å². The van der Waals surface area contributed by atoms with Gasteiger partial charge in [0.05, 0.1) is 18.1 Å². The summed E-state index contributed by atoms with van der Waals surface area (Å²) in [4.78, 5) is 19.4. The fourth-order valence-corrected chi connectivity index (χ4v) is 2.79. The predicted molar refractivity (Wildman–Crippen MR) is 105 cm³/mol. The minimum atomic E-state index is -3.95. The number of sulfonamides is 1. The van der Waals surface area contributed by atoms with Gasteiger partial charge < -0.3 is 10.1 Å². The fraction of sp³-hybridized carbons (Fsp3) is 0.0556. The molecule has 0 bridgehead atoms. The number of anilines is 1. The molecule has 8 nitrogen and oxygen atoms in total. The van der Waals surface area contributed by atoms with Gasteiger partial charge in [-0.15, -0.1) is 0 Å². The van der Waals surface area contributed by atoms with Gasteiger partial charge in [-0.05, 0) is 18.2 Å². The molecule has 0 saturated carbocycles. The summed E-state index contributed by atoms with van der Waals surface area (Å²) in [6.45, 7) is 10.4. The van der Waals surface area contributed by atoms with Crippen molar-refractivity contribution in [3.63, 3.8) is 0 Å². The van der Waals surface area contributed by atoms with Gasteiger partial charge in [0.15, 0.2) is 0 Å². The van der Waals surface area contributed by atoms with Gasteiger partial charge >= 0.3 is 5.91 Å². The average molecular weight is 388 g/mol. The maximum Gasteiger partial charge on any atom is 0.311 e. The van der Waals surface area contributed by atoms with E-state index >= 15 is 0 Å². The first kappa shape index (κ1) is 21.6. The molecule has 0 aromatic carbocycles. The Hall–Kier alpha value is -3.46. The van der Waals surface area contributed by atoms with Gasteiger partial charge in [-0.25, -0.2) is 13.4 Å². The highest BCUT2D eigenvalue weighted by Gasteiger charge is 2.17. The Bertz CT molecular complexity index is 915. The Morgan fingerprint density at radius 2 is 2.00 bits per heavy atom. The lowest BCUT2D eigenvalue weighted by Gasteiger charge is -2.10. The molecule has 0 radical (unpaired) electrons. The van der Waals surface area contributed by atoms with E-state index in [-0.39, 0.29) is 22.2 Å². The minimum absolute atomic E-state index is 0.146. The van der Waals surface area contributed by atoms with Crippen molar-refractivity contribution in [1.82, 2.24) is 9.71 Å². The highest BCUT2D eigenvalue weighted by Crippen LogP contribution is 2.15. The molecular weight excluding hydrogens is 368 g/mol. The summed E-state index contributed by atoms with van der Waals surface area (Å²) in [5.41, 5.74) is 0.423. The first-order valence-electron chi connectivity index (χ1n) is 7.53. The van der Waals surface area contributed by atoms with E-state index in [2.05, 4.69) is 39.8 Å². The molecule has 0 atom stereocenters. The molecule has 1 rings (SSSR count). The van der Waals surface area contributed by atoms with E-state index in [1.54, 1.807) is 6.08 Å². The minimum Gasteiger partial charge on any atom is -0.444 e. The van der Waals surface area contributed by atoms with E-state index in [0.29, 0.717) is 0 Å². The Morgan fingerprint density at radius 1 is 1.26 bits per heavy atom. The van der Waals surface area contributed by atoms with Crippen LogP contribution < -0.4 is 10.0 Å². The molecule has 1 aromatic rings. The lowest BCUT2D eigenvalue weighted by Crippen LogP contribution is -2.25. The van der Waals surface area contributed by atoms with Gasteiger partial charge in [0, 0.05) is 18.9 Å². The van der Waals surface area contributed by atoms with Crippen molar-refractivity contribution in [1.29, 1.82) is 0 Å². The number of hydrogen-bond acceptors (Lipinski definition) is 6. The maximum atomic E-state index is 12.6. The van der Waals surface area contributed by atoms with E-state index in [1.165, 1.54) is 43.6 Å². The van der Waals surface area contributed by atoms with Crippen molar-refractivity contribution in [2.24, 2.45) is 4.99 Å². The number of allylic oxidation sites excluding steroid dienone is 5. The van der Waals surface area contributed by atoms with Gasteiger partial charge in [-0.3, -0.25) is 14.5 Å². The topological polar surface area (TPSA) is 110 Å². The molecule has 0 aliphatic rings. The van der Waals surface area contributed by atoms with Crippen LogP contribution in [-0.4, -0.2) is 32.3 Å². The zero-order chi connectivity index (χ0) is 20.3. The van der Waals surface area contributed by atoms with Crippen molar-refractivity contribution in [3.05, 3.63) is 80.5 Å². The fourth-order valence-electron chi connectivity index (χ4n) is 1.74. The predicted octanol–water partition coefficient (Wildman–Crippen LogP) is 2.30. The quantitative estimate of drug-likeness (QED) is 0.307. The molecule has 0 spiro atoms. The van der Waals surface area contributed by atoms with Crippen LogP contribution >= 0.6 is 0 Å². The van der Waals surface area contributed by atoms with Crippen molar-refractivity contribution in [3.8, 4) is 0 Å². The third-order valence-electron chi connectivity index (χ3n) is 2.84. The second-order valence-corrected chi connectivity index (χ2v) is 6.42. The van der Waals surface area contributed by atoms with Crippen LogP contribution in [0.15, 0.2) is 90.4 Å². The van der Waals surface area contributed by atoms with Crippen molar-refractivity contribution >= 4 is 27.5 Å². The molecule has 0 aliphatic heterocycles. The number of aliphatic imine (C=N–C) groups is 1. The highest BCUT2D eigenvalue weighted by molar-refractivity contribution is 7.89. The Morgan fingerprint density at radius 3 is 2.59 bits per heavy atom. The van der Waals surface area contributed by atoms with Gasteiger partial charge in [-0.2, -0.15) is 0 Å². The summed E-state index contributed by atoms with van der Waals surface area (Å²) in [6, 6.07) is 1.25. The molecule has 142 valence electrons. The Labute approximate surface area is 158 Å². The third kappa shape index (κ3) is 6.75. The van der Waals surface area contributed by atoms with Crippen molar-refractivity contribution in [2.45, 2.75) is 4.90 Å². The lowest BCUT2D eigenvalue weighted by atomic mass is 10.3. The Balaban J connectivity index is 3.09. The number of nitrogens with zero attached hydrogens (tertiary/aromatic N) is 2. The SMILES string of the molecule is C=C/C=C\C(=C/C=C)NS(=O)(=O)c1cncc(NC(=O)C(=NC)OC=C)c1. The molecule has 0 saturated heterocycles. The van der Waals surface area contributed by atoms with Crippen LogP contribution in [0.3, 0.4) is 0 Å². The normalized spacial score (nSPS) is 12.3. The van der Waals surface area contributed by atoms with Crippen LogP contribution in [0.5, 0.6) is 0 Å². The number of nitrogens with one attached hydrogen (secondary N) is 2. The standard InChI is InChI=1S/C18H20N4O4S/c1-5-8-10-14(9-6-2)22-27(24,25)16-11-15(12-20-13-16)21-17(23)18(19-4)26-7-3/h5-13,22H,1-3H2,4H3,(H,21,23)/b10-8-,14-9+,19-18?.